The molecule has 2 bridgehead atoms. The van der Waals surface area contributed by atoms with Crippen LogP contribution in [0.2, 0.25) is 0 Å². The molecule has 0 aliphatic carbocycles. The van der Waals surface area contributed by atoms with E-state index in [9.17, 15) is 23.5 Å². The number of anilines is 2. The number of thiophene rings is 1. The number of hydrogen-bond donors (Lipinski definition) is 2. The Bertz CT molecular complexity index is 1860. The highest BCUT2D eigenvalue weighted by atomic mass is 32.1. The molecule has 4 aromatic rings. The Balaban J connectivity index is 1.42. The average molecular weight is 633 g/mol. The van der Waals surface area contributed by atoms with Gasteiger partial charge in [-0.15, -0.1) is 11.3 Å². The number of aliphatic hydroxyl groups excluding tert-OH is 1. The van der Waals surface area contributed by atoms with Crippen LogP contribution in [0.4, 0.5) is 32.8 Å². The van der Waals surface area contributed by atoms with Crippen molar-refractivity contribution < 1.29 is 36.5 Å². The number of β-amino-alcohol motifs (C(OH)–C–C–N with tert-alkyl or cyclic N) is 1. The number of hydrogen-bond acceptors (Lipinski definition) is 10. The molecule has 9 nitrogen and oxygen atoms in total. The van der Waals surface area contributed by atoms with E-state index in [2.05, 4.69) is 9.97 Å². The first-order chi connectivity index (χ1) is 21.0. The second-order valence-electron chi connectivity index (χ2n) is 11.2. The maximum atomic E-state index is 16.9. The Labute approximate surface area is 251 Å². The number of halogens is 5. The van der Waals surface area contributed by atoms with Gasteiger partial charge in [-0.2, -0.15) is 28.4 Å². The monoisotopic (exact) mass is 632 g/mol. The summed E-state index contributed by atoms with van der Waals surface area (Å²) in [7, 11) is 1.33. The Morgan fingerprint density at radius 2 is 1.84 bits per heavy atom. The van der Waals surface area contributed by atoms with Gasteiger partial charge in [0.25, 0.3) is 0 Å². The van der Waals surface area contributed by atoms with Crippen molar-refractivity contribution in [1.82, 2.24) is 14.9 Å². The van der Waals surface area contributed by atoms with Crippen LogP contribution in [0, 0.1) is 23.0 Å². The van der Waals surface area contributed by atoms with Crippen molar-refractivity contribution in [2.75, 3.05) is 37.4 Å². The van der Waals surface area contributed by atoms with Crippen molar-refractivity contribution in [1.29, 1.82) is 5.26 Å². The quantitative estimate of drug-likeness (QED) is 0.297. The van der Waals surface area contributed by atoms with Gasteiger partial charge in [-0.25, -0.2) is 8.78 Å². The van der Waals surface area contributed by atoms with Gasteiger partial charge in [0, 0.05) is 52.9 Å². The minimum atomic E-state index is -4.73. The van der Waals surface area contributed by atoms with Crippen LogP contribution in [0.25, 0.3) is 32.1 Å². The first-order valence-electron chi connectivity index (χ1n) is 13.8. The first kappa shape index (κ1) is 28.9. The lowest BCUT2D eigenvalue weighted by Crippen LogP contribution is -2.56. The normalized spacial score (nSPS) is 20.8. The molecule has 2 aromatic carbocycles. The predicted octanol–water partition coefficient (Wildman–Crippen LogP) is 4.86. The second kappa shape index (κ2) is 10.4. The topological polar surface area (TPSA) is 121 Å². The maximum Gasteiger partial charge on any atom is 0.415 e. The molecule has 3 unspecified atom stereocenters. The van der Waals surface area contributed by atoms with E-state index in [4.69, 9.17) is 15.2 Å². The van der Waals surface area contributed by atoms with Crippen molar-refractivity contribution >= 4 is 43.1 Å². The molecule has 5 heterocycles. The van der Waals surface area contributed by atoms with Crippen LogP contribution in [0.1, 0.15) is 29.5 Å². The molecule has 2 fully saturated rings. The third-order valence-electron chi connectivity index (χ3n) is 8.75. The van der Waals surface area contributed by atoms with Crippen LogP contribution in [0.5, 0.6) is 6.01 Å². The highest BCUT2D eigenvalue weighted by Gasteiger charge is 2.46. The summed E-state index contributed by atoms with van der Waals surface area (Å²) in [4.78, 5) is 12.5. The number of aliphatic hydroxyl groups is 1. The van der Waals surface area contributed by atoms with Crippen LogP contribution in [0.3, 0.4) is 0 Å². The number of rotatable bonds is 5. The fourth-order valence-corrected chi connectivity index (χ4v) is 7.83. The largest absolute Gasteiger partial charge is 0.467 e. The third-order valence-corrected chi connectivity index (χ3v) is 9.73. The first-order valence-corrected chi connectivity index (χ1v) is 14.7. The summed E-state index contributed by atoms with van der Waals surface area (Å²) in [6.45, 7) is -0.0468. The number of fused-ring (bicyclic) bond motifs is 6. The van der Waals surface area contributed by atoms with Gasteiger partial charge in [0.05, 0.1) is 31.3 Å². The molecule has 3 aliphatic heterocycles. The average Bonchev–Trinajstić information content (AvgIpc) is 3.66. The fourth-order valence-electron chi connectivity index (χ4n) is 6.90. The lowest BCUT2D eigenvalue weighted by atomic mass is 9.90. The number of nitrogen functional groups attached to an aromatic ring is 1. The molecule has 3 atom stereocenters. The van der Waals surface area contributed by atoms with Crippen LogP contribution >= 0.6 is 11.3 Å². The molecule has 0 spiro atoms. The van der Waals surface area contributed by atoms with Crippen LogP contribution in [-0.4, -0.2) is 71.1 Å². The van der Waals surface area contributed by atoms with Gasteiger partial charge in [0.15, 0.2) is 11.9 Å². The van der Waals surface area contributed by atoms with Crippen LogP contribution < -0.4 is 15.4 Å². The van der Waals surface area contributed by atoms with Gasteiger partial charge in [-0.1, -0.05) is 0 Å². The standard InChI is InChI=1S/C29H25F5N6O3S/c1-42-28-37-25-22(27(38-28)40-12-2-3-13(40)8-39(7-12)9-19(41)29(32,33)34)16-11-43-10-15(16)21(24(25)31)23-17(30)4-5-18-20(23)14(6-35)26(36)44-18/h4-5,12-13,19,41H,2-3,7-11,36H2,1H3. The van der Waals surface area contributed by atoms with E-state index >= 15 is 8.78 Å². The molecule has 0 radical (unpaired) electrons. The summed E-state index contributed by atoms with van der Waals surface area (Å²) in [5.41, 5.74) is 6.76. The molecule has 15 heteroatoms. The number of nitrogens with two attached hydrogens (primary N) is 1. The Morgan fingerprint density at radius 1 is 1.14 bits per heavy atom. The minimum Gasteiger partial charge on any atom is -0.467 e. The predicted molar refractivity (Wildman–Crippen MR) is 152 cm³/mol. The van der Waals surface area contributed by atoms with E-state index in [1.807, 2.05) is 11.0 Å². The SMILES string of the molecule is COc1nc(N2C3CCC2CN(CC(O)C(F)(F)F)C3)c2c3c(c(-c4c(F)ccc5sc(N)c(C#N)c45)c(F)c2n1)COC3. The van der Waals surface area contributed by atoms with Crippen molar-refractivity contribution in [3.8, 4) is 23.2 Å². The Kier molecular flexibility index (Phi) is 6.81. The van der Waals surface area contributed by atoms with E-state index in [0.29, 0.717) is 39.9 Å². The number of methoxy groups -OCH3 is 1. The van der Waals surface area contributed by atoms with Crippen molar-refractivity contribution in [3.63, 3.8) is 0 Å². The molecule has 230 valence electrons. The fraction of sp³-hybridized carbons (Fsp3) is 0.414. The number of nitrogens with zero attached hydrogens (tertiary/aromatic N) is 5. The Hall–Kier alpha value is -3.84. The van der Waals surface area contributed by atoms with Gasteiger partial charge < -0.3 is 25.2 Å². The number of benzene rings is 2. The minimum absolute atomic E-state index is 0.0315. The maximum absolute atomic E-state index is 16.9. The second-order valence-corrected chi connectivity index (χ2v) is 12.3. The number of ether oxygens (including phenoxy) is 2. The Morgan fingerprint density at radius 3 is 2.50 bits per heavy atom. The molecule has 0 saturated carbocycles. The van der Waals surface area contributed by atoms with E-state index < -0.39 is 30.5 Å². The number of nitriles is 1. The summed E-state index contributed by atoms with van der Waals surface area (Å²) in [5.74, 6) is -1.22. The molecule has 3 N–H and O–H groups in total. The van der Waals surface area contributed by atoms with Gasteiger partial charge in [0.1, 0.15) is 28.2 Å². The lowest BCUT2D eigenvalue weighted by Gasteiger charge is -2.43. The van der Waals surface area contributed by atoms with Gasteiger partial charge in [-0.05, 0) is 36.1 Å². The van der Waals surface area contributed by atoms with Crippen LogP contribution in [-0.2, 0) is 18.0 Å². The summed E-state index contributed by atoms with van der Waals surface area (Å²) < 4.78 is 83.5. The highest BCUT2D eigenvalue weighted by molar-refractivity contribution is 7.23. The van der Waals surface area contributed by atoms with Gasteiger partial charge in [-0.3, -0.25) is 4.90 Å². The molecule has 2 aromatic heterocycles. The van der Waals surface area contributed by atoms with E-state index in [0.717, 1.165) is 11.3 Å². The third kappa shape index (κ3) is 4.34. The summed E-state index contributed by atoms with van der Waals surface area (Å²) in [6.07, 6.45) is -5.89. The molecule has 2 saturated heterocycles. The van der Waals surface area contributed by atoms with Crippen molar-refractivity contribution in [2.45, 2.75) is 50.4 Å². The molecule has 44 heavy (non-hydrogen) atoms. The smallest absolute Gasteiger partial charge is 0.415 e. The molecular formula is C29H25F5N6O3S. The van der Waals surface area contributed by atoms with E-state index in [-0.39, 0.29) is 77.0 Å². The number of aromatic nitrogens is 2. The van der Waals surface area contributed by atoms with Crippen molar-refractivity contribution in [2.24, 2.45) is 0 Å². The lowest BCUT2D eigenvalue weighted by molar-refractivity contribution is -0.208. The number of piperazine rings is 1. The van der Waals surface area contributed by atoms with E-state index in [1.165, 1.54) is 19.2 Å². The zero-order valence-corrected chi connectivity index (χ0v) is 24.0. The number of alkyl halides is 3. The van der Waals surface area contributed by atoms with E-state index in [1.54, 1.807) is 4.90 Å². The number of likely N-dealkylation sites (tertiary alicyclic amines) is 1. The van der Waals surface area contributed by atoms with Gasteiger partial charge in [0.2, 0.25) is 0 Å². The zero-order valence-electron chi connectivity index (χ0n) is 23.2. The zero-order chi connectivity index (χ0) is 31.1. The summed E-state index contributed by atoms with van der Waals surface area (Å²) in [5, 5.41) is 20.3. The van der Waals surface area contributed by atoms with Crippen molar-refractivity contribution in [3.05, 3.63) is 40.5 Å². The molecule has 7 rings (SSSR count). The van der Waals surface area contributed by atoms with Crippen LogP contribution in [0.15, 0.2) is 12.1 Å². The molecular weight excluding hydrogens is 607 g/mol. The summed E-state index contributed by atoms with van der Waals surface area (Å²) in [6, 6.07) is 4.05. The highest BCUT2D eigenvalue weighted by Crippen LogP contribution is 2.49. The summed E-state index contributed by atoms with van der Waals surface area (Å²) >= 11 is 1.10. The van der Waals surface area contributed by atoms with Gasteiger partial charge >= 0.3 is 12.2 Å². The molecule has 0 amide bonds. The molecule has 3 aliphatic rings.